The van der Waals surface area contributed by atoms with Gasteiger partial charge in [0.05, 0.1) is 10.3 Å². The average Bonchev–Trinajstić information content (AvgIpc) is 2.84. The van der Waals surface area contributed by atoms with Crippen molar-refractivity contribution in [3.63, 3.8) is 0 Å². The summed E-state index contributed by atoms with van der Waals surface area (Å²) in [6, 6.07) is 12.2. The summed E-state index contributed by atoms with van der Waals surface area (Å²) in [7, 11) is -3.56. The summed E-state index contributed by atoms with van der Waals surface area (Å²) >= 11 is 0. The van der Waals surface area contributed by atoms with Crippen LogP contribution in [0.2, 0.25) is 0 Å². The maximum atomic E-state index is 12.7. The highest BCUT2D eigenvalue weighted by molar-refractivity contribution is 7.89. The first-order valence-corrected chi connectivity index (χ1v) is 11.8. The van der Waals surface area contributed by atoms with E-state index in [-0.39, 0.29) is 16.0 Å². The van der Waals surface area contributed by atoms with Gasteiger partial charge in [0.2, 0.25) is 10.0 Å². The van der Waals surface area contributed by atoms with E-state index in [2.05, 4.69) is 15.5 Å². The molecule has 0 unspecified atom stereocenters. The molecule has 10 nitrogen and oxygen atoms in total. The van der Waals surface area contributed by atoms with Crippen LogP contribution >= 0.6 is 0 Å². The Morgan fingerprint density at radius 2 is 1.67 bits per heavy atom. The summed E-state index contributed by atoms with van der Waals surface area (Å²) < 4.78 is 31.9. The van der Waals surface area contributed by atoms with Crippen molar-refractivity contribution in [2.75, 3.05) is 25.0 Å². The zero-order chi connectivity index (χ0) is 23.4. The van der Waals surface area contributed by atoms with E-state index in [4.69, 9.17) is 4.74 Å². The van der Waals surface area contributed by atoms with Crippen molar-refractivity contribution in [1.82, 2.24) is 14.5 Å². The molecule has 172 valence electrons. The highest BCUT2D eigenvalue weighted by Gasteiger charge is 2.25. The smallest absolute Gasteiger partial charge is 0.359 e. The molecular formula is C22H22N4O6S. The molecule has 0 radical (unpaired) electrons. The summed E-state index contributed by atoms with van der Waals surface area (Å²) in [5.41, 5.74) is -0.183. The van der Waals surface area contributed by atoms with E-state index in [1.54, 1.807) is 24.3 Å². The Balaban J connectivity index is 1.37. The van der Waals surface area contributed by atoms with E-state index >= 15 is 0 Å². The Bertz CT molecular complexity index is 1350. The number of aromatic amines is 1. The van der Waals surface area contributed by atoms with Crippen LogP contribution < -0.4 is 10.9 Å². The van der Waals surface area contributed by atoms with Gasteiger partial charge in [0.15, 0.2) is 12.3 Å². The molecule has 2 N–H and O–H groups in total. The van der Waals surface area contributed by atoms with Gasteiger partial charge in [-0.15, -0.1) is 0 Å². The topological polar surface area (TPSA) is 139 Å². The van der Waals surface area contributed by atoms with Crippen molar-refractivity contribution in [1.29, 1.82) is 0 Å². The molecule has 0 spiro atoms. The molecule has 1 aromatic heterocycles. The second-order valence-corrected chi connectivity index (χ2v) is 9.50. The number of carbonyl (C=O) groups is 2. The maximum absolute atomic E-state index is 12.7. The van der Waals surface area contributed by atoms with Gasteiger partial charge in [-0.05, 0) is 43.2 Å². The van der Waals surface area contributed by atoms with Crippen LogP contribution in [-0.4, -0.2) is 54.5 Å². The first-order valence-electron chi connectivity index (χ1n) is 10.4. The van der Waals surface area contributed by atoms with Gasteiger partial charge in [-0.3, -0.25) is 9.59 Å². The molecule has 2 aromatic carbocycles. The lowest BCUT2D eigenvalue weighted by Gasteiger charge is -2.25. The van der Waals surface area contributed by atoms with E-state index in [0.29, 0.717) is 24.2 Å². The van der Waals surface area contributed by atoms with E-state index < -0.39 is 34.1 Å². The third kappa shape index (κ3) is 4.94. The first kappa shape index (κ1) is 22.6. The Morgan fingerprint density at radius 1 is 1.00 bits per heavy atom. The fourth-order valence-electron chi connectivity index (χ4n) is 3.63. The summed E-state index contributed by atoms with van der Waals surface area (Å²) in [6.45, 7) is 0.430. The molecule has 4 rings (SSSR count). The number of benzene rings is 2. The minimum Gasteiger partial charge on any atom is -0.451 e. The van der Waals surface area contributed by atoms with Crippen LogP contribution in [0.4, 0.5) is 5.69 Å². The van der Waals surface area contributed by atoms with E-state index in [0.717, 1.165) is 19.3 Å². The molecule has 0 aliphatic carbocycles. The minimum absolute atomic E-state index is 0.106. The normalized spacial score (nSPS) is 14.7. The van der Waals surface area contributed by atoms with Gasteiger partial charge in [-0.1, -0.05) is 24.6 Å². The minimum atomic E-state index is -3.56. The van der Waals surface area contributed by atoms with E-state index in [1.807, 2.05) is 0 Å². The summed E-state index contributed by atoms with van der Waals surface area (Å²) in [6.07, 6.45) is 2.71. The van der Waals surface area contributed by atoms with E-state index in [9.17, 15) is 22.8 Å². The molecule has 1 aliphatic heterocycles. The standard InChI is InChI=1S/C22H22N4O6S/c27-19(14-32-22(29)20-17-6-2-3-7-18(17)21(28)25-24-20)23-15-8-10-16(11-9-15)33(30,31)26-12-4-1-5-13-26/h2-3,6-11H,1,4-5,12-14H2,(H,23,27)(H,25,28). The van der Waals surface area contributed by atoms with Crippen LogP contribution in [0.1, 0.15) is 29.8 Å². The van der Waals surface area contributed by atoms with Gasteiger partial charge >= 0.3 is 5.97 Å². The molecule has 33 heavy (non-hydrogen) atoms. The number of H-pyrrole nitrogens is 1. The number of nitrogens with zero attached hydrogens (tertiary/aromatic N) is 2. The lowest BCUT2D eigenvalue weighted by molar-refractivity contribution is -0.119. The quantitative estimate of drug-likeness (QED) is 0.525. The molecule has 2 heterocycles. The Morgan fingerprint density at radius 3 is 2.36 bits per heavy atom. The van der Waals surface area contributed by atoms with Gasteiger partial charge in [-0.2, -0.15) is 9.40 Å². The van der Waals surface area contributed by atoms with Crippen molar-refractivity contribution < 1.29 is 22.7 Å². The predicted molar refractivity (Wildman–Crippen MR) is 120 cm³/mol. The number of hydrogen-bond donors (Lipinski definition) is 2. The Kier molecular flexibility index (Phi) is 6.52. The van der Waals surface area contributed by atoms with Crippen LogP contribution in [0.25, 0.3) is 10.8 Å². The van der Waals surface area contributed by atoms with Gasteiger partial charge in [-0.25, -0.2) is 18.3 Å². The predicted octanol–water partition coefficient (Wildman–Crippen LogP) is 1.89. The number of anilines is 1. The lowest BCUT2D eigenvalue weighted by Crippen LogP contribution is -2.35. The number of esters is 1. The van der Waals surface area contributed by atoms with Crippen molar-refractivity contribution >= 4 is 38.4 Å². The molecule has 1 aliphatic rings. The Labute approximate surface area is 189 Å². The average molecular weight is 471 g/mol. The fourth-order valence-corrected chi connectivity index (χ4v) is 5.15. The summed E-state index contributed by atoms with van der Waals surface area (Å²) in [5, 5.41) is 9.12. The zero-order valence-corrected chi connectivity index (χ0v) is 18.4. The molecule has 1 fully saturated rings. The number of fused-ring (bicyclic) bond motifs is 1. The summed E-state index contributed by atoms with van der Waals surface area (Å²) in [5.74, 6) is -1.47. The Hall–Kier alpha value is -3.57. The largest absolute Gasteiger partial charge is 0.451 e. The van der Waals surface area contributed by atoms with Gasteiger partial charge in [0, 0.05) is 24.2 Å². The van der Waals surface area contributed by atoms with Crippen LogP contribution in [-0.2, 0) is 19.6 Å². The van der Waals surface area contributed by atoms with Crippen molar-refractivity contribution in [2.45, 2.75) is 24.2 Å². The number of rotatable bonds is 6. The van der Waals surface area contributed by atoms with Gasteiger partial charge in [0.25, 0.3) is 11.5 Å². The third-order valence-corrected chi connectivity index (χ3v) is 7.23. The summed E-state index contributed by atoms with van der Waals surface area (Å²) in [4.78, 5) is 36.6. The third-order valence-electron chi connectivity index (χ3n) is 5.31. The monoisotopic (exact) mass is 470 g/mol. The van der Waals surface area contributed by atoms with Gasteiger partial charge < -0.3 is 10.1 Å². The SMILES string of the molecule is O=C(COC(=O)c1n[nH]c(=O)c2ccccc12)Nc1ccc(S(=O)(=O)N2CCCCC2)cc1. The van der Waals surface area contributed by atoms with Crippen molar-refractivity contribution in [3.8, 4) is 0 Å². The molecule has 1 saturated heterocycles. The van der Waals surface area contributed by atoms with Crippen LogP contribution in [0.5, 0.6) is 0 Å². The first-order chi connectivity index (χ1) is 15.9. The molecular weight excluding hydrogens is 448 g/mol. The van der Waals surface area contributed by atoms with Gasteiger partial charge in [0.1, 0.15) is 0 Å². The highest BCUT2D eigenvalue weighted by Crippen LogP contribution is 2.22. The number of aromatic nitrogens is 2. The molecule has 1 amide bonds. The number of amides is 1. The van der Waals surface area contributed by atoms with Crippen LogP contribution in [0, 0.1) is 0 Å². The number of hydrogen-bond acceptors (Lipinski definition) is 7. The van der Waals surface area contributed by atoms with Crippen LogP contribution in [0.3, 0.4) is 0 Å². The number of nitrogens with one attached hydrogen (secondary N) is 2. The molecule has 0 atom stereocenters. The number of carbonyl (C=O) groups excluding carboxylic acids is 2. The zero-order valence-electron chi connectivity index (χ0n) is 17.6. The molecule has 0 bridgehead atoms. The number of sulfonamides is 1. The molecule has 11 heteroatoms. The number of ether oxygens (including phenoxy) is 1. The van der Waals surface area contributed by atoms with E-state index in [1.165, 1.54) is 28.6 Å². The maximum Gasteiger partial charge on any atom is 0.359 e. The number of piperidine rings is 1. The second-order valence-electron chi connectivity index (χ2n) is 7.56. The van der Waals surface area contributed by atoms with Crippen molar-refractivity contribution in [3.05, 3.63) is 64.6 Å². The fraction of sp³-hybridized carbons (Fsp3) is 0.273. The lowest BCUT2D eigenvalue weighted by atomic mass is 10.1. The molecule has 3 aromatic rings. The van der Waals surface area contributed by atoms with Crippen LogP contribution in [0.15, 0.2) is 58.2 Å². The van der Waals surface area contributed by atoms with Crippen molar-refractivity contribution in [2.24, 2.45) is 0 Å². The molecule has 0 saturated carbocycles. The second kappa shape index (κ2) is 9.51. The highest BCUT2D eigenvalue weighted by atomic mass is 32.2.